The summed E-state index contributed by atoms with van der Waals surface area (Å²) in [6.07, 6.45) is 6.51. The molecule has 0 unspecified atom stereocenters. The highest BCUT2D eigenvalue weighted by atomic mass is 19.1. The maximum Gasteiger partial charge on any atom is 0.269 e. The molecule has 2 aromatic heterocycles. The highest BCUT2D eigenvalue weighted by Gasteiger charge is 2.40. The number of nitrogens with one attached hydrogen (secondary N) is 1. The average molecular weight is 523 g/mol. The number of hydrogen-bond donors (Lipinski definition) is 1. The summed E-state index contributed by atoms with van der Waals surface area (Å²) in [5.74, 6) is -1.28. The fourth-order valence-corrected chi connectivity index (χ4v) is 5.39. The topological polar surface area (TPSA) is 83.4 Å². The smallest absolute Gasteiger partial charge is 0.269 e. The molecule has 200 valence electrons. The number of amides is 1. The van der Waals surface area contributed by atoms with Crippen LogP contribution in [0.15, 0.2) is 53.8 Å². The lowest BCUT2D eigenvalue weighted by molar-refractivity contribution is -0.120. The Labute approximate surface area is 220 Å². The second-order valence-corrected chi connectivity index (χ2v) is 10.9. The molecule has 38 heavy (non-hydrogen) atoms. The van der Waals surface area contributed by atoms with Crippen LogP contribution in [0.5, 0.6) is 0 Å². The predicted octanol–water partition coefficient (Wildman–Crippen LogP) is 2.49. The first-order valence-corrected chi connectivity index (χ1v) is 12.8. The first-order valence-electron chi connectivity index (χ1n) is 12.8. The van der Waals surface area contributed by atoms with E-state index in [1.165, 1.54) is 18.3 Å². The van der Waals surface area contributed by atoms with Crippen LogP contribution in [0.3, 0.4) is 0 Å². The lowest BCUT2D eigenvalue weighted by Gasteiger charge is -2.39. The summed E-state index contributed by atoms with van der Waals surface area (Å²) in [6.45, 7) is 8.72. The van der Waals surface area contributed by atoms with E-state index in [2.05, 4.69) is 41.0 Å². The van der Waals surface area contributed by atoms with Crippen molar-refractivity contribution in [1.82, 2.24) is 24.8 Å². The fourth-order valence-electron chi connectivity index (χ4n) is 5.39. The van der Waals surface area contributed by atoms with Crippen molar-refractivity contribution in [1.29, 1.82) is 0 Å². The van der Waals surface area contributed by atoms with Crippen molar-refractivity contribution < 1.29 is 13.6 Å². The summed E-state index contributed by atoms with van der Waals surface area (Å²) in [6, 6.07) is 5.53. The number of nitrogens with zero attached hydrogens (tertiary/aromatic N) is 5. The molecule has 0 aliphatic carbocycles. The maximum absolute atomic E-state index is 14.3. The number of fused-ring (bicyclic) bond motifs is 1. The maximum atomic E-state index is 14.3. The molecule has 2 aliphatic heterocycles. The van der Waals surface area contributed by atoms with Crippen molar-refractivity contribution in [2.45, 2.75) is 51.2 Å². The van der Waals surface area contributed by atoms with Crippen molar-refractivity contribution in [3.8, 4) is 0 Å². The van der Waals surface area contributed by atoms with Crippen LogP contribution in [0, 0.1) is 11.6 Å². The number of piperazine rings is 1. The first kappa shape index (κ1) is 26.1. The summed E-state index contributed by atoms with van der Waals surface area (Å²) in [4.78, 5) is 38.4. The molecule has 1 N–H and O–H groups in total. The SMILES string of the molecule is C[C@@H]1CN(CC(=O)N2CC(C)(C)c3cnc(Cc4ccc(F)cc4F)cc32)[C@@H](Cn2ccncc2=O)CN1. The molecule has 1 aromatic carbocycles. The van der Waals surface area contributed by atoms with E-state index in [-0.39, 0.29) is 41.9 Å². The van der Waals surface area contributed by atoms with Gasteiger partial charge in [0, 0.05) is 86.0 Å². The van der Waals surface area contributed by atoms with E-state index in [0.717, 1.165) is 17.3 Å². The van der Waals surface area contributed by atoms with Gasteiger partial charge in [0.2, 0.25) is 5.91 Å². The number of carbonyl (C=O) groups is 1. The Morgan fingerprint density at radius 2 is 2.03 bits per heavy atom. The molecule has 2 aliphatic rings. The summed E-state index contributed by atoms with van der Waals surface area (Å²) < 4.78 is 29.2. The van der Waals surface area contributed by atoms with Gasteiger partial charge in [-0.05, 0) is 24.6 Å². The zero-order chi connectivity index (χ0) is 27.0. The van der Waals surface area contributed by atoms with E-state index >= 15 is 0 Å². The number of rotatable bonds is 6. The lowest BCUT2D eigenvalue weighted by atomic mass is 9.88. The average Bonchev–Trinajstić information content (AvgIpc) is 3.14. The van der Waals surface area contributed by atoms with E-state index in [1.807, 2.05) is 6.07 Å². The highest BCUT2D eigenvalue weighted by Crippen LogP contribution is 2.40. The summed E-state index contributed by atoms with van der Waals surface area (Å²) in [5, 5.41) is 3.45. The van der Waals surface area contributed by atoms with E-state index < -0.39 is 11.6 Å². The zero-order valence-corrected chi connectivity index (χ0v) is 21.8. The molecular formula is C28H32F2N6O2. The molecule has 4 heterocycles. The van der Waals surface area contributed by atoms with Crippen LogP contribution in [-0.2, 0) is 23.2 Å². The van der Waals surface area contributed by atoms with Gasteiger partial charge in [-0.25, -0.2) is 8.78 Å². The van der Waals surface area contributed by atoms with Crippen molar-refractivity contribution in [3.63, 3.8) is 0 Å². The van der Waals surface area contributed by atoms with Gasteiger partial charge in [0.25, 0.3) is 5.56 Å². The van der Waals surface area contributed by atoms with E-state index in [4.69, 9.17) is 0 Å². The van der Waals surface area contributed by atoms with Gasteiger partial charge in [0.05, 0.1) is 18.4 Å². The first-order chi connectivity index (χ1) is 18.1. The van der Waals surface area contributed by atoms with Gasteiger partial charge in [-0.3, -0.25) is 24.5 Å². The number of carbonyl (C=O) groups excluding carboxylic acids is 1. The Balaban J connectivity index is 1.37. The van der Waals surface area contributed by atoms with Crippen LogP contribution >= 0.6 is 0 Å². The number of anilines is 1. The molecule has 0 spiro atoms. The van der Waals surface area contributed by atoms with Gasteiger partial charge in [-0.15, -0.1) is 0 Å². The van der Waals surface area contributed by atoms with Crippen LogP contribution in [0.2, 0.25) is 0 Å². The Bertz CT molecular complexity index is 1410. The van der Waals surface area contributed by atoms with Crippen molar-refractivity contribution >= 4 is 11.6 Å². The normalized spacial score (nSPS) is 20.9. The molecule has 1 fully saturated rings. The van der Waals surface area contributed by atoms with E-state index in [1.54, 1.807) is 28.1 Å². The molecule has 5 rings (SSSR count). The molecule has 0 radical (unpaired) electrons. The Kier molecular flexibility index (Phi) is 7.11. The lowest BCUT2D eigenvalue weighted by Crippen LogP contribution is -2.59. The third kappa shape index (κ3) is 5.37. The molecule has 10 heteroatoms. The summed E-state index contributed by atoms with van der Waals surface area (Å²) in [5.41, 5.74) is 2.22. The minimum atomic E-state index is -0.624. The Morgan fingerprint density at radius 1 is 1.21 bits per heavy atom. The van der Waals surface area contributed by atoms with E-state index in [0.29, 0.717) is 37.4 Å². The molecule has 1 amide bonds. The minimum absolute atomic E-state index is 0.0388. The van der Waals surface area contributed by atoms with Crippen LogP contribution in [0.4, 0.5) is 14.5 Å². The third-order valence-electron chi connectivity index (χ3n) is 7.47. The number of pyridine rings is 1. The van der Waals surface area contributed by atoms with Crippen LogP contribution < -0.4 is 15.8 Å². The van der Waals surface area contributed by atoms with Crippen molar-refractivity contribution in [2.75, 3.05) is 31.1 Å². The van der Waals surface area contributed by atoms with Gasteiger partial charge >= 0.3 is 0 Å². The Hall–Kier alpha value is -3.50. The third-order valence-corrected chi connectivity index (χ3v) is 7.47. The largest absolute Gasteiger partial charge is 0.311 e. The summed E-state index contributed by atoms with van der Waals surface area (Å²) in [7, 11) is 0. The summed E-state index contributed by atoms with van der Waals surface area (Å²) >= 11 is 0. The van der Waals surface area contributed by atoms with Gasteiger partial charge in [-0.2, -0.15) is 0 Å². The molecule has 3 aromatic rings. The second kappa shape index (κ2) is 10.3. The van der Waals surface area contributed by atoms with Gasteiger partial charge in [0.1, 0.15) is 11.6 Å². The van der Waals surface area contributed by atoms with Crippen LogP contribution in [0.1, 0.15) is 37.6 Å². The van der Waals surface area contributed by atoms with Gasteiger partial charge in [-0.1, -0.05) is 19.9 Å². The highest BCUT2D eigenvalue weighted by molar-refractivity contribution is 5.97. The molecule has 8 nitrogen and oxygen atoms in total. The van der Waals surface area contributed by atoms with Gasteiger partial charge < -0.3 is 14.8 Å². The zero-order valence-electron chi connectivity index (χ0n) is 21.8. The van der Waals surface area contributed by atoms with E-state index in [9.17, 15) is 18.4 Å². The fraction of sp³-hybridized carbons (Fsp3) is 0.429. The number of halogens is 2. The second-order valence-electron chi connectivity index (χ2n) is 10.9. The number of benzene rings is 1. The number of aromatic nitrogens is 3. The monoisotopic (exact) mass is 522 g/mol. The van der Waals surface area contributed by atoms with Crippen LogP contribution in [-0.4, -0.2) is 63.6 Å². The standard InChI is InChI=1S/C28H32F2N6O2/c1-18-14-35(22(11-32-18)15-34-7-6-31-13-26(34)37)16-27(38)36-17-28(2,3)23-12-33-21(10-25(23)36)8-19-4-5-20(29)9-24(19)30/h4-7,9-10,12-13,18,22,32H,8,11,14-17H2,1-3H3/t18-,22-/m1/s1. The van der Waals surface area contributed by atoms with Crippen LogP contribution in [0.25, 0.3) is 0 Å². The quantitative estimate of drug-likeness (QED) is 0.536. The molecule has 2 atom stereocenters. The molecule has 1 saturated heterocycles. The minimum Gasteiger partial charge on any atom is -0.311 e. The molecular weight excluding hydrogens is 490 g/mol. The number of hydrogen-bond acceptors (Lipinski definition) is 6. The Morgan fingerprint density at radius 3 is 2.79 bits per heavy atom. The van der Waals surface area contributed by atoms with Gasteiger partial charge in [0.15, 0.2) is 0 Å². The molecule has 0 bridgehead atoms. The van der Waals surface area contributed by atoms with Crippen molar-refractivity contribution in [3.05, 3.63) is 87.9 Å². The molecule has 0 saturated carbocycles. The predicted molar refractivity (Wildman–Crippen MR) is 140 cm³/mol. The van der Waals surface area contributed by atoms with Crippen molar-refractivity contribution in [2.24, 2.45) is 0 Å².